The normalized spacial score (nSPS) is 17.0. The average Bonchev–Trinajstić information content (AvgIpc) is 3.97. The number of carbonyl (C=O) groups excluding carboxylic acids is 2. The van der Waals surface area contributed by atoms with Gasteiger partial charge in [-0.05, 0) is 52.4 Å². The summed E-state index contributed by atoms with van der Waals surface area (Å²) in [7, 11) is 3.22. The number of amides is 2. The van der Waals surface area contributed by atoms with Gasteiger partial charge in [0.15, 0.2) is 11.2 Å². The highest BCUT2D eigenvalue weighted by atomic mass is 32.1. The molecule has 3 aromatic heterocycles. The summed E-state index contributed by atoms with van der Waals surface area (Å²) < 4.78 is 25.8. The Morgan fingerprint density at radius 2 is 1.65 bits per heavy atom. The van der Waals surface area contributed by atoms with E-state index < -0.39 is 35.5 Å². The fraction of sp³-hybridized carbons (Fsp3) is 0.256. The molecule has 3 atom stereocenters. The van der Waals surface area contributed by atoms with Crippen LogP contribution in [0.2, 0.25) is 0 Å². The van der Waals surface area contributed by atoms with Crippen LogP contribution in [0.3, 0.4) is 0 Å². The molecule has 6 aromatic rings. The van der Waals surface area contributed by atoms with Crippen molar-refractivity contribution < 1.29 is 33.6 Å². The molecule has 3 aromatic carbocycles. The summed E-state index contributed by atoms with van der Waals surface area (Å²) in [4.78, 5) is 49.1. The monoisotopic (exact) mass is 750 g/mol. The molecule has 7 rings (SSSR count). The largest absolute Gasteiger partial charge is 0.497 e. The second-order valence-corrected chi connectivity index (χ2v) is 13.3. The average molecular weight is 751 g/mol. The quantitative estimate of drug-likeness (QED) is 0.115. The lowest BCUT2D eigenvalue weighted by molar-refractivity contribution is -0.116. The van der Waals surface area contributed by atoms with E-state index in [1.807, 2.05) is 78.9 Å². The van der Waals surface area contributed by atoms with Crippen molar-refractivity contribution in [3.8, 4) is 11.5 Å². The van der Waals surface area contributed by atoms with Crippen molar-refractivity contribution >= 4 is 40.3 Å². The Hall–Kier alpha value is -5.87. The minimum atomic E-state index is -1.13. The van der Waals surface area contributed by atoms with Crippen molar-refractivity contribution in [3.05, 3.63) is 135 Å². The van der Waals surface area contributed by atoms with Gasteiger partial charge in [-0.1, -0.05) is 54.6 Å². The fourth-order valence-electron chi connectivity index (χ4n) is 6.49. The van der Waals surface area contributed by atoms with Crippen molar-refractivity contribution in [2.45, 2.75) is 36.9 Å². The summed E-state index contributed by atoms with van der Waals surface area (Å²) in [6.45, 7) is 0.0696. The number of nitrogens with one attached hydrogen (secondary N) is 3. The number of anilines is 1. The standard InChI is InChI=1S/C39H38N6O8S/c1-50-28-12-8-26(9-13-28)39(25-6-4-3-5-7-25,27-10-14-29(51-2)15-11-27)52-21-31-30(46)20-33(53-31)45-23-41-34-35(45)43-38(44-37(34)49)42-32(47)16-18-40-36(48)24-17-19-54-22-24/h3-15,17,19,22-23,30-31,33,46H,16,18,20-21H2,1-2H3,(H,40,48)(H2,42,43,44,47,49)/t30-,31-,33-/m1/s1. The zero-order chi connectivity index (χ0) is 37.7. The van der Waals surface area contributed by atoms with Gasteiger partial charge in [-0.3, -0.25) is 29.3 Å². The first-order chi connectivity index (χ1) is 26.3. The third-order valence-electron chi connectivity index (χ3n) is 9.26. The van der Waals surface area contributed by atoms with Gasteiger partial charge in [0.05, 0.1) is 33.3 Å². The van der Waals surface area contributed by atoms with Crippen LogP contribution in [-0.2, 0) is 19.9 Å². The number of fused-ring (bicyclic) bond motifs is 1. The van der Waals surface area contributed by atoms with E-state index in [-0.39, 0.29) is 49.0 Å². The molecule has 0 aliphatic carbocycles. The molecule has 0 spiro atoms. The van der Waals surface area contributed by atoms with E-state index in [9.17, 15) is 19.5 Å². The second kappa shape index (κ2) is 16.0. The molecule has 0 unspecified atom stereocenters. The maximum Gasteiger partial charge on any atom is 0.280 e. The molecule has 1 aliphatic heterocycles. The molecule has 2 amide bonds. The highest BCUT2D eigenvalue weighted by Crippen LogP contribution is 2.43. The first kappa shape index (κ1) is 36.5. The predicted octanol–water partition coefficient (Wildman–Crippen LogP) is 4.61. The number of aliphatic hydroxyl groups excluding tert-OH is 1. The SMILES string of the molecule is COc1ccc(C(OC[C@H]2O[C@@H](n3cnc4c(=O)[nH]c(NC(=O)CCNC(=O)c5ccsc5)nc43)C[C@H]2O)(c2ccccc2)c2ccc(OC)cc2)cc1. The molecule has 0 saturated carbocycles. The first-order valence-corrected chi connectivity index (χ1v) is 18.1. The van der Waals surface area contributed by atoms with E-state index >= 15 is 0 Å². The van der Waals surface area contributed by atoms with Crippen LogP contribution in [0.25, 0.3) is 11.2 Å². The lowest BCUT2D eigenvalue weighted by Crippen LogP contribution is -2.38. The Morgan fingerprint density at radius 3 is 2.28 bits per heavy atom. The Morgan fingerprint density at radius 1 is 0.981 bits per heavy atom. The number of ether oxygens (including phenoxy) is 4. The van der Waals surface area contributed by atoms with Crippen LogP contribution in [-0.4, -0.2) is 76.0 Å². The summed E-state index contributed by atoms with van der Waals surface area (Å²) in [6, 6.07) is 26.8. The molecule has 4 heterocycles. The van der Waals surface area contributed by atoms with E-state index in [4.69, 9.17) is 18.9 Å². The molecule has 278 valence electrons. The molecule has 4 N–H and O–H groups in total. The second-order valence-electron chi connectivity index (χ2n) is 12.6. The minimum absolute atomic E-state index is 0.0183. The maximum atomic E-state index is 13.0. The van der Waals surface area contributed by atoms with Crippen molar-refractivity contribution in [1.29, 1.82) is 0 Å². The van der Waals surface area contributed by atoms with Crippen LogP contribution in [0.1, 0.15) is 46.1 Å². The first-order valence-electron chi connectivity index (χ1n) is 17.2. The van der Waals surface area contributed by atoms with Crippen LogP contribution in [0.4, 0.5) is 5.95 Å². The number of imidazole rings is 1. The smallest absolute Gasteiger partial charge is 0.280 e. The number of aromatic amines is 1. The summed E-state index contributed by atoms with van der Waals surface area (Å²) in [5.41, 5.74) is 1.53. The number of rotatable bonds is 14. The number of carbonyl (C=O) groups is 2. The number of thiophene rings is 1. The van der Waals surface area contributed by atoms with Crippen LogP contribution < -0.4 is 25.7 Å². The number of hydrogen-bond acceptors (Lipinski definition) is 11. The Labute approximate surface area is 313 Å². The summed E-state index contributed by atoms with van der Waals surface area (Å²) in [5.74, 6) is 0.543. The third-order valence-corrected chi connectivity index (χ3v) is 9.95. The summed E-state index contributed by atoms with van der Waals surface area (Å²) in [6.07, 6.45) is -0.952. The van der Waals surface area contributed by atoms with Crippen LogP contribution in [0, 0.1) is 0 Å². The van der Waals surface area contributed by atoms with Crippen LogP contribution >= 0.6 is 11.3 Å². The van der Waals surface area contributed by atoms with Crippen molar-refractivity contribution in [1.82, 2.24) is 24.8 Å². The lowest BCUT2D eigenvalue weighted by Gasteiger charge is -2.37. The molecule has 0 radical (unpaired) electrons. The summed E-state index contributed by atoms with van der Waals surface area (Å²) in [5, 5.41) is 20.1. The molecule has 15 heteroatoms. The topological polar surface area (TPSA) is 179 Å². The number of nitrogens with zero attached hydrogens (tertiary/aromatic N) is 3. The predicted molar refractivity (Wildman–Crippen MR) is 201 cm³/mol. The van der Waals surface area contributed by atoms with Gasteiger partial charge in [-0.15, -0.1) is 0 Å². The van der Waals surface area contributed by atoms with Gasteiger partial charge in [0.1, 0.15) is 29.4 Å². The maximum absolute atomic E-state index is 13.0. The Bertz CT molecular complexity index is 2210. The Kier molecular flexibility index (Phi) is 10.8. The lowest BCUT2D eigenvalue weighted by atomic mass is 9.80. The van der Waals surface area contributed by atoms with Gasteiger partial charge >= 0.3 is 0 Å². The number of methoxy groups -OCH3 is 2. The molecule has 14 nitrogen and oxygen atoms in total. The van der Waals surface area contributed by atoms with E-state index in [1.165, 1.54) is 17.7 Å². The number of aromatic nitrogens is 4. The highest BCUT2D eigenvalue weighted by Gasteiger charge is 2.42. The van der Waals surface area contributed by atoms with Gasteiger partial charge in [-0.25, -0.2) is 4.98 Å². The van der Waals surface area contributed by atoms with Crippen molar-refractivity contribution in [3.63, 3.8) is 0 Å². The van der Waals surface area contributed by atoms with E-state index in [1.54, 1.807) is 35.6 Å². The van der Waals surface area contributed by atoms with Gasteiger partial charge in [0.25, 0.3) is 11.5 Å². The third kappa shape index (κ3) is 7.47. The van der Waals surface area contributed by atoms with Crippen molar-refractivity contribution in [2.24, 2.45) is 0 Å². The molecular formula is C39H38N6O8S. The van der Waals surface area contributed by atoms with Gasteiger partial charge < -0.3 is 29.4 Å². The number of hydrogen-bond donors (Lipinski definition) is 4. The summed E-state index contributed by atoms with van der Waals surface area (Å²) >= 11 is 1.40. The van der Waals surface area contributed by atoms with Crippen LogP contribution in [0.5, 0.6) is 11.5 Å². The van der Waals surface area contributed by atoms with Gasteiger partial charge in [0.2, 0.25) is 11.9 Å². The van der Waals surface area contributed by atoms with E-state index in [2.05, 4.69) is 25.6 Å². The minimum Gasteiger partial charge on any atom is -0.497 e. The molecule has 1 saturated heterocycles. The van der Waals surface area contributed by atoms with Gasteiger partial charge in [-0.2, -0.15) is 16.3 Å². The molecule has 0 bridgehead atoms. The van der Waals surface area contributed by atoms with E-state index in [0.717, 1.165) is 16.7 Å². The number of aliphatic hydroxyl groups is 1. The van der Waals surface area contributed by atoms with Crippen LogP contribution in [0.15, 0.2) is 107 Å². The molecule has 54 heavy (non-hydrogen) atoms. The zero-order valence-corrected chi connectivity index (χ0v) is 30.2. The fourth-order valence-corrected chi connectivity index (χ4v) is 7.13. The molecular weight excluding hydrogens is 713 g/mol. The van der Waals surface area contributed by atoms with E-state index in [0.29, 0.717) is 17.1 Å². The van der Waals surface area contributed by atoms with Gasteiger partial charge in [0, 0.05) is 30.3 Å². The molecule has 1 aliphatic rings. The number of benzene rings is 3. The number of H-pyrrole nitrogens is 1. The Balaban J connectivity index is 1.11. The highest BCUT2D eigenvalue weighted by molar-refractivity contribution is 7.08. The molecule has 1 fully saturated rings. The van der Waals surface area contributed by atoms with Crippen molar-refractivity contribution in [2.75, 3.05) is 32.7 Å². The zero-order valence-electron chi connectivity index (χ0n) is 29.4.